The lowest BCUT2D eigenvalue weighted by Crippen LogP contribution is -2.30. The number of aromatic nitrogens is 6. The maximum absolute atomic E-state index is 12.0. The quantitative estimate of drug-likeness (QED) is 0.717. The lowest BCUT2D eigenvalue weighted by atomic mass is 10.2. The van der Waals surface area contributed by atoms with Crippen LogP contribution in [0.1, 0.15) is 18.5 Å². The molecule has 1 amide bonds. The Balaban J connectivity index is 1.64. The number of hydrogen-bond acceptors (Lipinski definition) is 6. The highest BCUT2D eigenvalue weighted by Crippen LogP contribution is 2.17. The number of amides is 1. The van der Waals surface area contributed by atoms with Crippen LogP contribution in [0.25, 0.3) is 5.69 Å². The van der Waals surface area contributed by atoms with Crippen molar-refractivity contribution in [3.8, 4) is 11.4 Å². The number of benzene rings is 1. The second-order valence-electron chi connectivity index (χ2n) is 5.21. The van der Waals surface area contributed by atoms with Gasteiger partial charge in [0.15, 0.2) is 0 Å². The van der Waals surface area contributed by atoms with Gasteiger partial charge in [0.25, 0.3) is 0 Å². The van der Waals surface area contributed by atoms with Crippen LogP contribution < -0.4 is 10.1 Å². The first-order valence-corrected chi connectivity index (χ1v) is 7.35. The molecular formula is C15H17N7O2. The molecule has 1 atom stereocenters. The average Bonchev–Trinajstić information content (AvgIpc) is 3.26. The number of nitrogens with one attached hydrogen (secondary N) is 1. The molecule has 0 spiro atoms. The van der Waals surface area contributed by atoms with E-state index in [0.29, 0.717) is 0 Å². The van der Waals surface area contributed by atoms with Crippen molar-refractivity contribution in [1.82, 2.24) is 35.3 Å². The van der Waals surface area contributed by atoms with E-state index in [1.165, 1.54) is 11.0 Å². The van der Waals surface area contributed by atoms with Crippen LogP contribution in [-0.4, -0.2) is 43.0 Å². The van der Waals surface area contributed by atoms with E-state index < -0.39 is 0 Å². The lowest BCUT2D eigenvalue weighted by molar-refractivity contribution is -0.122. The molecule has 9 nitrogen and oxygen atoms in total. The fourth-order valence-corrected chi connectivity index (χ4v) is 2.21. The zero-order valence-electron chi connectivity index (χ0n) is 13.3. The molecule has 9 heteroatoms. The van der Waals surface area contributed by atoms with Gasteiger partial charge < -0.3 is 10.1 Å². The van der Waals surface area contributed by atoms with E-state index in [-0.39, 0.29) is 18.5 Å². The van der Waals surface area contributed by atoms with Crippen molar-refractivity contribution in [3.63, 3.8) is 0 Å². The number of carbonyl (C=O) groups excluding carboxylic acids is 1. The highest BCUT2D eigenvalue weighted by atomic mass is 16.5. The summed E-state index contributed by atoms with van der Waals surface area (Å²) < 4.78 is 8.25. The first kappa shape index (κ1) is 15.7. The molecular weight excluding hydrogens is 310 g/mol. The third-order valence-corrected chi connectivity index (χ3v) is 3.51. The maximum Gasteiger partial charge on any atom is 0.242 e. The maximum atomic E-state index is 12.0. The monoisotopic (exact) mass is 327 g/mol. The molecule has 0 fully saturated rings. The molecule has 0 aliphatic heterocycles. The van der Waals surface area contributed by atoms with Crippen molar-refractivity contribution in [1.29, 1.82) is 0 Å². The van der Waals surface area contributed by atoms with Crippen LogP contribution in [0, 0.1) is 0 Å². The van der Waals surface area contributed by atoms with Crippen molar-refractivity contribution in [2.45, 2.75) is 19.5 Å². The summed E-state index contributed by atoms with van der Waals surface area (Å²) in [5, 5.41) is 17.9. The summed E-state index contributed by atoms with van der Waals surface area (Å²) >= 11 is 0. The van der Waals surface area contributed by atoms with Crippen LogP contribution in [0.15, 0.2) is 43.0 Å². The fourth-order valence-electron chi connectivity index (χ4n) is 2.21. The van der Waals surface area contributed by atoms with E-state index in [1.807, 2.05) is 37.4 Å². The molecule has 1 N–H and O–H groups in total. The third kappa shape index (κ3) is 3.57. The summed E-state index contributed by atoms with van der Waals surface area (Å²) in [6, 6.07) is 7.39. The fraction of sp³-hybridized carbons (Fsp3) is 0.267. The second-order valence-corrected chi connectivity index (χ2v) is 5.21. The first-order chi connectivity index (χ1) is 11.7. The molecule has 2 heterocycles. The van der Waals surface area contributed by atoms with Gasteiger partial charge in [0, 0.05) is 11.8 Å². The van der Waals surface area contributed by atoms with E-state index in [2.05, 4.69) is 25.9 Å². The number of rotatable bonds is 6. The zero-order valence-corrected chi connectivity index (χ0v) is 13.3. The van der Waals surface area contributed by atoms with Gasteiger partial charge in [-0.05, 0) is 41.6 Å². The number of methoxy groups -OCH3 is 1. The van der Waals surface area contributed by atoms with Crippen molar-refractivity contribution >= 4 is 5.91 Å². The Bertz CT molecular complexity index is 796. The van der Waals surface area contributed by atoms with Gasteiger partial charge in [-0.25, -0.2) is 9.36 Å². The van der Waals surface area contributed by atoms with Gasteiger partial charge >= 0.3 is 0 Å². The largest absolute Gasteiger partial charge is 0.497 e. The van der Waals surface area contributed by atoms with E-state index in [1.54, 1.807) is 18.0 Å². The zero-order chi connectivity index (χ0) is 16.9. The molecule has 3 rings (SSSR count). The smallest absolute Gasteiger partial charge is 0.242 e. The van der Waals surface area contributed by atoms with Gasteiger partial charge in [-0.15, -0.1) is 5.10 Å². The minimum atomic E-state index is -0.180. The van der Waals surface area contributed by atoms with E-state index >= 15 is 0 Å². The molecule has 24 heavy (non-hydrogen) atoms. The van der Waals surface area contributed by atoms with Gasteiger partial charge in [0.2, 0.25) is 5.91 Å². The molecule has 0 saturated heterocycles. The van der Waals surface area contributed by atoms with Gasteiger partial charge in [-0.3, -0.25) is 4.79 Å². The topological polar surface area (TPSA) is 99.8 Å². The van der Waals surface area contributed by atoms with E-state index in [0.717, 1.165) is 17.0 Å². The number of ether oxygens (including phenoxy) is 1. The average molecular weight is 327 g/mol. The molecule has 0 radical (unpaired) electrons. The Morgan fingerprint density at radius 3 is 2.79 bits per heavy atom. The number of carbonyl (C=O) groups is 1. The standard InChI is InChI=1S/C15H17N7O2/c1-11(18-15(23)9-21-10-16-19-20-21)12-7-17-22(8-12)13-3-5-14(24-2)6-4-13/h3-8,10-11H,9H2,1-2H3,(H,18,23). The molecule has 2 aromatic heterocycles. The van der Waals surface area contributed by atoms with Crippen LogP contribution in [0.5, 0.6) is 5.75 Å². The highest BCUT2D eigenvalue weighted by molar-refractivity contribution is 5.76. The second kappa shape index (κ2) is 6.90. The summed E-state index contributed by atoms with van der Waals surface area (Å²) in [5.41, 5.74) is 1.81. The number of nitrogens with zero attached hydrogens (tertiary/aromatic N) is 6. The van der Waals surface area contributed by atoms with Gasteiger partial charge in [-0.2, -0.15) is 5.10 Å². The molecule has 0 bridgehead atoms. The summed E-state index contributed by atoms with van der Waals surface area (Å²) in [5.74, 6) is 0.612. The summed E-state index contributed by atoms with van der Waals surface area (Å²) in [7, 11) is 1.63. The Kier molecular flexibility index (Phi) is 4.50. The normalized spacial score (nSPS) is 11.9. The molecule has 1 aromatic carbocycles. The molecule has 124 valence electrons. The van der Waals surface area contributed by atoms with E-state index in [9.17, 15) is 4.79 Å². The summed E-state index contributed by atoms with van der Waals surface area (Å²) in [4.78, 5) is 12.0. The minimum Gasteiger partial charge on any atom is -0.497 e. The highest BCUT2D eigenvalue weighted by Gasteiger charge is 2.13. The predicted octanol–water partition coefficient (Wildman–Crippen LogP) is 0.745. The molecule has 0 saturated carbocycles. The van der Waals surface area contributed by atoms with Crippen molar-refractivity contribution < 1.29 is 9.53 Å². The Morgan fingerprint density at radius 1 is 1.33 bits per heavy atom. The summed E-state index contributed by atoms with van der Waals surface area (Å²) in [6.45, 7) is 1.97. The van der Waals surface area contributed by atoms with Crippen LogP contribution in [0.2, 0.25) is 0 Å². The predicted molar refractivity (Wildman–Crippen MR) is 84.5 cm³/mol. The van der Waals surface area contributed by atoms with Crippen molar-refractivity contribution in [3.05, 3.63) is 48.5 Å². The molecule has 1 unspecified atom stereocenters. The first-order valence-electron chi connectivity index (χ1n) is 7.35. The number of hydrogen-bond donors (Lipinski definition) is 1. The van der Waals surface area contributed by atoms with Gasteiger partial charge in [0.1, 0.15) is 18.6 Å². The third-order valence-electron chi connectivity index (χ3n) is 3.51. The van der Waals surface area contributed by atoms with Gasteiger partial charge in [0.05, 0.1) is 25.0 Å². The summed E-state index contributed by atoms with van der Waals surface area (Å²) in [6.07, 6.45) is 5.00. The minimum absolute atomic E-state index is 0.0734. The van der Waals surface area contributed by atoms with Crippen LogP contribution in [0.3, 0.4) is 0 Å². The van der Waals surface area contributed by atoms with Crippen LogP contribution in [0.4, 0.5) is 0 Å². The van der Waals surface area contributed by atoms with Gasteiger partial charge in [-0.1, -0.05) is 0 Å². The van der Waals surface area contributed by atoms with E-state index in [4.69, 9.17) is 4.74 Å². The van der Waals surface area contributed by atoms with Crippen LogP contribution in [-0.2, 0) is 11.3 Å². The van der Waals surface area contributed by atoms with Crippen molar-refractivity contribution in [2.75, 3.05) is 7.11 Å². The van der Waals surface area contributed by atoms with Crippen molar-refractivity contribution in [2.24, 2.45) is 0 Å². The SMILES string of the molecule is COc1ccc(-n2cc(C(C)NC(=O)Cn3cnnn3)cn2)cc1. The molecule has 3 aromatic rings. The Hall–Kier alpha value is -3.23. The Labute approximate surface area is 138 Å². The molecule has 0 aliphatic rings. The lowest BCUT2D eigenvalue weighted by Gasteiger charge is -2.11. The molecule has 0 aliphatic carbocycles. The number of tetrazole rings is 1. The Morgan fingerprint density at radius 2 is 2.12 bits per heavy atom. The van der Waals surface area contributed by atoms with Crippen LogP contribution >= 0.6 is 0 Å².